The van der Waals surface area contributed by atoms with Gasteiger partial charge in [0.2, 0.25) is 0 Å². The van der Waals surface area contributed by atoms with E-state index in [4.69, 9.17) is 15.0 Å². The maximum atomic E-state index is 10.2. The summed E-state index contributed by atoms with van der Waals surface area (Å²) in [6.45, 7) is 0. The zero-order valence-corrected chi connectivity index (χ0v) is 32.7. The summed E-state index contributed by atoms with van der Waals surface area (Å²) >= 11 is 1.82. The van der Waals surface area contributed by atoms with Gasteiger partial charge < -0.3 is 4.57 Å². The normalized spacial score (nSPS) is 11.3. The minimum Gasteiger partial charge on any atom is -0.308 e. The van der Waals surface area contributed by atoms with E-state index in [2.05, 4.69) is 102 Å². The molecule has 60 heavy (non-hydrogen) atoms. The number of thiophene rings is 1. The van der Waals surface area contributed by atoms with Gasteiger partial charge >= 0.3 is 0 Å². The summed E-state index contributed by atoms with van der Waals surface area (Å²) in [7, 11) is 0. The lowest BCUT2D eigenvalue weighted by molar-refractivity contribution is 1.07. The van der Waals surface area contributed by atoms with Crippen molar-refractivity contribution >= 4 is 53.3 Å². The molecule has 6 nitrogen and oxygen atoms in total. The van der Waals surface area contributed by atoms with E-state index in [1.165, 1.54) is 25.6 Å². The summed E-state index contributed by atoms with van der Waals surface area (Å²) in [6.07, 6.45) is 0. The topological polar surface area (TPSA) is 91.2 Å². The van der Waals surface area contributed by atoms with Crippen LogP contribution in [0.2, 0.25) is 0 Å². The Hall–Kier alpha value is -8.23. The first-order valence-electron chi connectivity index (χ1n) is 19.6. The maximum Gasteiger partial charge on any atom is 0.164 e. The fourth-order valence-corrected chi connectivity index (χ4v) is 9.63. The molecule has 7 heteroatoms. The number of benzene rings is 8. The molecule has 0 saturated carbocycles. The molecule has 0 radical (unpaired) electrons. The number of hydrogen-bond donors (Lipinski definition) is 0. The molecule has 0 amide bonds. The summed E-state index contributed by atoms with van der Waals surface area (Å²) in [5.74, 6) is 1.61. The highest BCUT2D eigenvalue weighted by atomic mass is 32.1. The quantitative estimate of drug-likeness (QED) is 0.167. The van der Waals surface area contributed by atoms with E-state index >= 15 is 0 Å². The predicted octanol–water partition coefficient (Wildman–Crippen LogP) is 13.4. The average Bonchev–Trinajstić information content (AvgIpc) is 3.87. The van der Waals surface area contributed by atoms with Crippen LogP contribution in [0.3, 0.4) is 0 Å². The summed E-state index contributed by atoms with van der Waals surface area (Å²) in [4.78, 5) is 15.3. The zero-order valence-electron chi connectivity index (χ0n) is 31.9. The van der Waals surface area contributed by atoms with Crippen molar-refractivity contribution in [1.29, 1.82) is 10.5 Å². The molecule has 11 rings (SSSR count). The van der Waals surface area contributed by atoms with Gasteiger partial charge in [0.25, 0.3) is 0 Å². The number of hydrogen-bond acceptors (Lipinski definition) is 6. The van der Waals surface area contributed by atoms with E-state index in [1.54, 1.807) is 0 Å². The van der Waals surface area contributed by atoms with E-state index in [9.17, 15) is 10.5 Å². The van der Waals surface area contributed by atoms with Crippen molar-refractivity contribution < 1.29 is 0 Å². The molecule has 0 saturated heterocycles. The molecule has 278 valence electrons. The van der Waals surface area contributed by atoms with Crippen molar-refractivity contribution in [3.63, 3.8) is 0 Å². The lowest BCUT2D eigenvalue weighted by atomic mass is 9.91. The number of rotatable bonds is 6. The molecule has 0 aliphatic carbocycles. The number of aromatic nitrogens is 4. The largest absolute Gasteiger partial charge is 0.308 e. The number of nitriles is 2. The van der Waals surface area contributed by atoms with Crippen LogP contribution in [0.4, 0.5) is 0 Å². The number of para-hydroxylation sites is 1. The Morgan fingerprint density at radius 1 is 0.417 bits per heavy atom. The van der Waals surface area contributed by atoms with Crippen LogP contribution in [0, 0.1) is 22.7 Å². The Labute approximate surface area is 349 Å². The van der Waals surface area contributed by atoms with Gasteiger partial charge in [-0.1, -0.05) is 127 Å². The van der Waals surface area contributed by atoms with Crippen molar-refractivity contribution in [3.8, 4) is 74.2 Å². The second-order valence-electron chi connectivity index (χ2n) is 14.6. The third-order valence-electron chi connectivity index (χ3n) is 11.1. The molecule has 0 fully saturated rings. The number of fused-ring (bicyclic) bond motifs is 7. The maximum absolute atomic E-state index is 10.2. The van der Waals surface area contributed by atoms with Gasteiger partial charge in [-0.2, -0.15) is 10.5 Å². The van der Waals surface area contributed by atoms with Gasteiger partial charge in [-0.05, 0) is 65.7 Å². The van der Waals surface area contributed by atoms with E-state index < -0.39 is 0 Å². The minimum absolute atomic E-state index is 0.499. The molecule has 0 aliphatic rings. The Kier molecular flexibility index (Phi) is 8.34. The highest BCUT2D eigenvalue weighted by molar-refractivity contribution is 7.26. The minimum atomic E-state index is 0.499. The second-order valence-corrected chi connectivity index (χ2v) is 15.7. The van der Waals surface area contributed by atoms with Crippen LogP contribution in [0.1, 0.15) is 11.1 Å². The highest BCUT2D eigenvalue weighted by Crippen LogP contribution is 2.47. The number of nitrogens with zero attached hydrogens (tertiary/aromatic N) is 6. The molecule has 0 atom stereocenters. The lowest BCUT2D eigenvalue weighted by Crippen LogP contribution is -2.04. The summed E-state index contributed by atoms with van der Waals surface area (Å²) < 4.78 is 4.83. The van der Waals surface area contributed by atoms with Crippen molar-refractivity contribution in [2.75, 3.05) is 0 Å². The fraction of sp³-hybridized carbons (Fsp3) is 0. The first kappa shape index (κ1) is 35.0. The van der Waals surface area contributed by atoms with Crippen molar-refractivity contribution in [3.05, 3.63) is 193 Å². The Balaban J connectivity index is 1.29. The summed E-state index contributed by atoms with van der Waals surface area (Å²) in [5.41, 5.74) is 10.1. The van der Waals surface area contributed by atoms with Gasteiger partial charge in [0.05, 0.1) is 40.0 Å². The summed E-state index contributed by atoms with van der Waals surface area (Å²) in [5, 5.41) is 25.2. The Morgan fingerprint density at radius 2 is 0.933 bits per heavy atom. The zero-order chi connectivity index (χ0) is 40.2. The second kappa shape index (κ2) is 14.3. The highest BCUT2D eigenvalue weighted by Gasteiger charge is 2.25. The van der Waals surface area contributed by atoms with E-state index in [0.29, 0.717) is 28.6 Å². The van der Waals surface area contributed by atoms with Gasteiger partial charge in [-0.25, -0.2) is 15.0 Å². The average molecular weight is 783 g/mol. The molecule has 0 unspecified atom stereocenters. The third kappa shape index (κ3) is 5.81. The molecule has 3 aromatic heterocycles. The summed E-state index contributed by atoms with van der Waals surface area (Å²) in [6, 6.07) is 66.0. The molecule has 3 heterocycles. The van der Waals surface area contributed by atoms with Crippen molar-refractivity contribution in [2.45, 2.75) is 0 Å². The van der Waals surface area contributed by atoms with Gasteiger partial charge in [0.15, 0.2) is 17.5 Å². The lowest BCUT2D eigenvalue weighted by Gasteiger charge is -2.21. The van der Waals surface area contributed by atoms with Crippen molar-refractivity contribution in [2.24, 2.45) is 0 Å². The first-order valence-corrected chi connectivity index (χ1v) is 20.4. The van der Waals surface area contributed by atoms with Crippen LogP contribution in [-0.2, 0) is 0 Å². The molecular weight excluding hydrogens is 753 g/mol. The monoisotopic (exact) mass is 782 g/mol. The predicted molar refractivity (Wildman–Crippen MR) is 244 cm³/mol. The van der Waals surface area contributed by atoms with Crippen LogP contribution in [0.25, 0.3) is 104 Å². The van der Waals surface area contributed by atoms with E-state index in [-0.39, 0.29) is 0 Å². The van der Waals surface area contributed by atoms with Gasteiger partial charge in [-0.3, -0.25) is 0 Å². The van der Waals surface area contributed by atoms with Gasteiger partial charge in [0.1, 0.15) is 0 Å². The molecule has 8 aromatic carbocycles. The Bertz CT molecular complexity index is 3440. The first-order chi connectivity index (χ1) is 29.6. The molecule has 11 aromatic rings. The van der Waals surface area contributed by atoms with Crippen LogP contribution in [0.5, 0.6) is 0 Å². The molecular formula is C53H30N6S. The standard InChI is InChI=1S/C53H30N6S/c54-31-33-13-11-19-37(27-33)43-29-39(53-57-51(35-15-3-1-4-16-35)56-52(58-53)36-17-5-2-6-18-36)30-44(38-20-12-14-34(28-38)32-55)49(43)59-45-23-9-7-22-42(45)48-46(59)26-25-41-40-21-8-10-24-47(40)60-50(41)48/h1-30H. The van der Waals surface area contributed by atoms with Gasteiger partial charge in [-0.15, -0.1) is 11.3 Å². The fourth-order valence-electron chi connectivity index (χ4n) is 8.37. The molecule has 0 bridgehead atoms. The molecule has 0 aliphatic heterocycles. The third-order valence-corrected chi connectivity index (χ3v) is 12.3. The van der Waals surface area contributed by atoms with Crippen LogP contribution < -0.4 is 0 Å². The van der Waals surface area contributed by atoms with Crippen LogP contribution in [0.15, 0.2) is 182 Å². The molecule has 0 spiro atoms. The smallest absolute Gasteiger partial charge is 0.164 e. The van der Waals surface area contributed by atoms with Crippen LogP contribution in [-0.4, -0.2) is 19.5 Å². The van der Waals surface area contributed by atoms with E-state index in [0.717, 1.165) is 61.1 Å². The van der Waals surface area contributed by atoms with Crippen molar-refractivity contribution in [1.82, 2.24) is 19.5 Å². The SMILES string of the molecule is N#Cc1cccc(-c2cc(-c3nc(-c4ccccc4)nc(-c4ccccc4)n3)cc(-c3cccc(C#N)c3)c2-n2c3ccccc3c3c4sc5ccccc5c4ccc32)c1. The Morgan fingerprint density at radius 3 is 1.53 bits per heavy atom. The van der Waals surface area contributed by atoms with Gasteiger partial charge in [0, 0.05) is 58.8 Å². The van der Waals surface area contributed by atoms with E-state index in [1.807, 2.05) is 108 Å². The van der Waals surface area contributed by atoms with Crippen LogP contribution >= 0.6 is 11.3 Å². The molecule has 0 N–H and O–H groups in total.